The van der Waals surface area contributed by atoms with Gasteiger partial charge in [0.25, 0.3) is 5.91 Å². The summed E-state index contributed by atoms with van der Waals surface area (Å²) in [6.45, 7) is 0. The average molecular weight is 362 g/mol. The largest absolute Gasteiger partial charge is 0.497 e. The molecule has 3 aromatic rings. The Morgan fingerprint density at radius 2 is 1.73 bits per heavy atom. The number of hydrogen-bond donors (Lipinski definition) is 1. The summed E-state index contributed by atoms with van der Waals surface area (Å²) in [6.07, 6.45) is 2.05. The second-order valence-electron chi connectivity index (χ2n) is 6.02. The van der Waals surface area contributed by atoms with Crippen molar-refractivity contribution in [1.29, 1.82) is 0 Å². The number of rotatable bonds is 2. The molecule has 0 radical (unpaired) electrons. The molecule has 4 rings (SSSR count). The number of fused-ring (bicyclic) bond motifs is 2. The number of halogens is 1. The molecule has 0 unspecified atom stereocenters. The van der Waals surface area contributed by atoms with E-state index in [1.54, 1.807) is 13.2 Å². The molecule has 128 valence electrons. The number of benzene rings is 3. The van der Waals surface area contributed by atoms with Crippen LogP contribution >= 0.6 is 11.6 Å². The van der Waals surface area contributed by atoms with E-state index in [0.29, 0.717) is 10.6 Å². The first-order valence-corrected chi connectivity index (χ1v) is 8.60. The Bertz CT molecular complexity index is 1040. The molecule has 0 aliphatic carbocycles. The standard InChI is InChI=1S/C22H16ClNO2/c1-26-16-6-4-5-14(11-16)12-19-17-7-2-3-8-18(17)22(25)24-21-10-9-15(23)13-20(19)21/h2-13H,1H3,(H,24,25)/b19-12+. The number of carbonyl (C=O) groups is 1. The van der Waals surface area contributed by atoms with Crippen LogP contribution in [0, 0.1) is 0 Å². The van der Waals surface area contributed by atoms with Crippen LogP contribution < -0.4 is 10.1 Å². The molecule has 0 atom stereocenters. The van der Waals surface area contributed by atoms with E-state index in [1.807, 2.05) is 60.7 Å². The lowest BCUT2D eigenvalue weighted by atomic mass is 9.92. The second-order valence-corrected chi connectivity index (χ2v) is 6.46. The Balaban J connectivity index is 2.00. The maximum absolute atomic E-state index is 12.7. The molecule has 0 saturated carbocycles. The number of ether oxygens (including phenoxy) is 1. The first kappa shape index (κ1) is 16.4. The summed E-state index contributed by atoms with van der Waals surface area (Å²) in [7, 11) is 1.64. The molecule has 1 aliphatic rings. The molecule has 0 bridgehead atoms. The van der Waals surface area contributed by atoms with Gasteiger partial charge in [0.05, 0.1) is 7.11 Å². The van der Waals surface area contributed by atoms with Gasteiger partial charge in [-0.3, -0.25) is 4.79 Å². The van der Waals surface area contributed by atoms with E-state index in [2.05, 4.69) is 11.4 Å². The van der Waals surface area contributed by atoms with Crippen LogP contribution in [0.2, 0.25) is 5.02 Å². The Kier molecular flexibility index (Phi) is 4.23. The summed E-state index contributed by atoms with van der Waals surface area (Å²) < 4.78 is 5.33. The second kappa shape index (κ2) is 6.70. The lowest BCUT2D eigenvalue weighted by Gasteiger charge is -2.12. The third-order valence-electron chi connectivity index (χ3n) is 4.39. The fourth-order valence-electron chi connectivity index (χ4n) is 3.15. The van der Waals surface area contributed by atoms with E-state index >= 15 is 0 Å². The molecule has 1 amide bonds. The van der Waals surface area contributed by atoms with Crippen molar-refractivity contribution in [2.45, 2.75) is 0 Å². The van der Waals surface area contributed by atoms with Gasteiger partial charge in [0.1, 0.15) is 5.75 Å². The highest BCUT2D eigenvalue weighted by Crippen LogP contribution is 2.38. The van der Waals surface area contributed by atoms with Crippen molar-refractivity contribution in [2.24, 2.45) is 0 Å². The molecular weight excluding hydrogens is 346 g/mol. The van der Waals surface area contributed by atoms with E-state index in [0.717, 1.165) is 33.7 Å². The molecule has 1 aliphatic heterocycles. The van der Waals surface area contributed by atoms with Crippen LogP contribution in [0.1, 0.15) is 27.0 Å². The molecule has 0 spiro atoms. The minimum Gasteiger partial charge on any atom is -0.497 e. The van der Waals surface area contributed by atoms with Crippen molar-refractivity contribution in [3.05, 3.63) is 94.0 Å². The van der Waals surface area contributed by atoms with Crippen molar-refractivity contribution in [3.63, 3.8) is 0 Å². The van der Waals surface area contributed by atoms with E-state index in [1.165, 1.54) is 0 Å². The predicted molar refractivity (Wildman–Crippen MR) is 106 cm³/mol. The zero-order valence-corrected chi connectivity index (χ0v) is 14.9. The van der Waals surface area contributed by atoms with Crippen LogP contribution in [-0.2, 0) is 0 Å². The molecule has 4 heteroatoms. The molecule has 0 saturated heterocycles. The number of nitrogens with one attached hydrogen (secondary N) is 1. The Morgan fingerprint density at radius 3 is 2.54 bits per heavy atom. The molecule has 26 heavy (non-hydrogen) atoms. The quantitative estimate of drug-likeness (QED) is 0.654. The lowest BCUT2D eigenvalue weighted by molar-refractivity contribution is 0.102. The summed E-state index contributed by atoms with van der Waals surface area (Å²) in [5.41, 5.74) is 5.05. The zero-order chi connectivity index (χ0) is 18.1. The summed E-state index contributed by atoms with van der Waals surface area (Å²) in [5.74, 6) is 0.653. The number of carbonyl (C=O) groups excluding carboxylic acids is 1. The highest BCUT2D eigenvalue weighted by Gasteiger charge is 2.23. The topological polar surface area (TPSA) is 38.3 Å². The van der Waals surface area contributed by atoms with Gasteiger partial charge in [-0.15, -0.1) is 0 Å². The third-order valence-corrected chi connectivity index (χ3v) is 4.62. The highest BCUT2D eigenvalue weighted by molar-refractivity contribution is 6.31. The van der Waals surface area contributed by atoms with Crippen molar-refractivity contribution in [1.82, 2.24) is 0 Å². The maximum Gasteiger partial charge on any atom is 0.256 e. The van der Waals surface area contributed by atoms with Gasteiger partial charge in [-0.2, -0.15) is 0 Å². The van der Waals surface area contributed by atoms with Gasteiger partial charge < -0.3 is 10.1 Å². The van der Waals surface area contributed by atoms with Crippen molar-refractivity contribution in [2.75, 3.05) is 12.4 Å². The number of amides is 1. The van der Waals surface area contributed by atoms with Crippen LogP contribution in [0.4, 0.5) is 5.69 Å². The zero-order valence-electron chi connectivity index (χ0n) is 14.1. The normalized spacial score (nSPS) is 14.2. The summed E-state index contributed by atoms with van der Waals surface area (Å²) >= 11 is 6.25. The SMILES string of the molecule is COc1cccc(/C=C2/c3cc(Cl)ccc3NC(=O)c3ccccc32)c1. The predicted octanol–water partition coefficient (Wildman–Crippen LogP) is 5.50. The van der Waals surface area contributed by atoms with E-state index in [9.17, 15) is 4.79 Å². The Labute approximate surface area is 156 Å². The van der Waals surface area contributed by atoms with Crippen molar-refractivity contribution < 1.29 is 9.53 Å². The average Bonchev–Trinajstić information content (AvgIpc) is 2.78. The minimum absolute atomic E-state index is 0.127. The van der Waals surface area contributed by atoms with Crippen molar-refractivity contribution >= 4 is 34.8 Å². The maximum atomic E-state index is 12.7. The fourth-order valence-corrected chi connectivity index (χ4v) is 3.32. The van der Waals surface area contributed by atoms with Crippen molar-refractivity contribution in [3.8, 4) is 5.75 Å². The smallest absolute Gasteiger partial charge is 0.256 e. The molecule has 3 nitrogen and oxygen atoms in total. The van der Waals surface area contributed by atoms with Crippen LogP contribution in [0.25, 0.3) is 11.6 Å². The van der Waals surface area contributed by atoms with Gasteiger partial charge in [-0.05, 0) is 59.2 Å². The highest BCUT2D eigenvalue weighted by atomic mass is 35.5. The summed E-state index contributed by atoms with van der Waals surface area (Å²) in [5, 5.41) is 3.60. The van der Waals surface area contributed by atoms with Crippen LogP contribution in [-0.4, -0.2) is 13.0 Å². The van der Waals surface area contributed by atoms with Gasteiger partial charge in [-0.25, -0.2) is 0 Å². The van der Waals surface area contributed by atoms with Crippen LogP contribution in [0.5, 0.6) is 5.75 Å². The van der Waals surface area contributed by atoms with Crippen LogP contribution in [0.15, 0.2) is 66.7 Å². The number of hydrogen-bond acceptors (Lipinski definition) is 2. The van der Waals surface area contributed by atoms with E-state index < -0.39 is 0 Å². The molecule has 0 fully saturated rings. The van der Waals surface area contributed by atoms with Gasteiger partial charge in [0.2, 0.25) is 0 Å². The minimum atomic E-state index is -0.127. The van der Waals surface area contributed by atoms with Gasteiger partial charge in [-0.1, -0.05) is 41.9 Å². The Hall–Kier alpha value is -3.04. The monoisotopic (exact) mass is 361 g/mol. The molecule has 0 aromatic heterocycles. The van der Waals surface area contributed by atoms with Gasteiger partial charge >= 0.3 is 0 Å². The first-order valence-electron chi connectivity index (χ1n) is 8.22. The number of methoxy groups -OCH3 is 1. The molecular formula is C22H16ClNO2. The third kappa shape index (κ3) is 2.98. The molecule has 1 N–H and O–H groups in total. The fraction of sp³-hybridized carbons (Fsp3) is 0.0455. The summed E-state index contributed by atoms with van der Waals surface area (Å²) in [4.78, 5) is 12.7. The summed E-state index contributed by atoms with van der Waals surface area (Å²) in [6, 6.07) is 20.9. The van der Waals surface area contributed by atoms with Crippen LogP contribution in [0.3, 0.4) is 0 Å². The molecule has 1 heterocycles. The van der Waals surface area contributed by atoms with E-state index in [-0.39, 0.29) is 5.91 Å². The molecule has 3 aromatic carbocycles. The van der Waals surface area contributed by atoms with Gasteiger partial charge in [0.15, 0.2) is 0 Å². The lowest BCUT2D eigenvalue weighted by Crippen LogP contribution is -2.11. The van der Waals surface area contributed by atoms with Gasteiger partial charge in [0, 0.05) is 21.8 Å². The first-order chi connectivity index (χ1) is 12.7. The Morgan fingerprint density at radius 1 is 0.923 bits per heavy atom. The van der Waals surface area contributed by atoms with E-state index in [4.69, 9.17) is 16.3 Å². The number of anilines is 1.